The van der Waals surface area contributed by atoms with Gasteiger partial charge in [0.25, 0.3) is 0 Å². The summed E-state index contributed by atoms with van der Waals surface area (Å²) in [5.74, 6) is 1.83. The molecule has 1 N–H and O–H groups in total. The second-order valence-corrected chi connectivity index (χ2v) is 6.48. The first-order valence-electron chi connectivity index (χ1n) is 9.12. The summed E-state index contributed by atoms with van der Waals surface area (Å²) in [5, 5.41) is 3.48. The number of nitrogens with zero attached hydrogens (tertiary/aromatic N) is 2. The van der Waals surface area contributed by atoms with Gasteiger partial charge in [-0.2, -0.15) is 0 Å². The average Bonchev–Trinajstić information content (AvgIpc) is 3.21. The number of hydrogen-bond donors (Lipinski definition) is 1. The van der Waals surface area contributed by atoms with Crippen LogP contribution in [0.5, 0.6) is 5.75 Å². The fraction of sp³-hybridized carbons (Fsp3) is 0.632. The molecule has 3 rings (SSSR count). The number of benzene rings is 1. The molecule has 0 saturated carbocycles. The van der Waals surface area contributed by atoms with Crippen LogP contribution in [-0.2, 0) is 15.9 Å². The lowest BCUT2D eigenvalue weighted by Crippen LogP contribution is -2.53. The van der Waals surface area contributed by atoms with Crippen LogP contribution in [0.2, 0.25) is 0 Å². The number of morpholine rings is 1. The second kappa shape index (κ2) is 9.06. The zero-order valence-electron chi connectivity index (χ0n) is 15.2. The van der Waals surface area contributed by atoms with Crippen molar-refractivity contribution in [1.82, 2.24) is 10.2 Å². The van der Waals surface area contributed by atoms with Gasteiger partial charge in [-0.1, -0.05) is 12.1 Å². The van der Waals surface area contributed by atoms with E-state index in [1.165, 1.54) is 5.56 Å². The molecule has 0 aromatic heterocycles. The van der Waals surface area contributed by atoms with Crippen LogP contribution < -0.4 is 10.1 Å². The van der Waals surface area contributed by atoms with E-state index >= 15 is 0 Å². The summed E-state index contributed by atoms with van der Waals surface area (Å²) >= 11 is 0. The molecule has 2 aliphatic heterocycles. The number of hydrogen-bond acceptors (Lipinski definition) is 4. The summed E-state index contributed by atoms with van der Waals surface area (Å²) in [6.07, 6.45) is 3.57. The Kier molecular flexibility index (Phi) is 6.53. The summed E-state index contributed by atoms with van der Waals surface area (Å²) in [7, 11) is 3.53. The van der Waals surface area contributed by atoms with Crippen molar-refractivity contribution in [3.63, 3.8) is 0 Å². The van der Waals surface area contributed by atoms with Crippen molar-refractivity contribution in [2.45, 2.75) is 31.5 Å². The number of aliphatic imine (C=N–C) groups is 1. The third kappa shape index (κ3) is 4.86. The Bertz CT molecular complexity index is 556. The zero-order valence-corrected chi connectivity index (χ0v) is 15.2. The first-order valence-corrected chi connectivity index (χ1v) is 9.12. The summed E-state index contributed by atoms with van der Waals surface area (Å²) in [6, 6.07) is 8.20. The van der Waals surface area contributed by atoms with Gasteiger partial charge in [-0.3, -0.25) is 4.99 Å². The van der Waals surface area contributed by atoms with Crippen molar-refractivity contribution in [3.8, 4) is 5.75 Å². The molecule has 0 radical (unpaired) electrons. The second-order valence-electron chi connectivity index (χ2n) is 6.48. The number of methoxy groups -OCH3 is 1. The monoisotopic (exact) mass is 347 g/mol. The van der Waals surface area contributed by atoms with E-state index < -0.39 is 0 Å². The molecule has 1 aromatic carbocycles. The van der Waals surface area contributed by atoms with E-state index in [0.29, 0.717) is 0 Å². The molecule has 2 aliphatic rings. The van der Waals surface area contributed by atoms with Gasteiger partial charge in [-0.25, -0.2) is 0 Å². The minimum atomic E-state index is 0.149. The first kappa shape index (κ1) is 18.0. The Balaban J connectivity index is 1.48. The predicted molar refractivity (Wildman–Crippen MR) is 98.3 cm³/mol. The smallest absolute Gasteiger partial charge is 0.193 e. The van der Waals surface area contributed by atoms with Crippen molar-refractivity contribution in [3.05, 3.63) is 29.8 Å². The highest BCUT2D eigenvalue weighted by Crippen LogP contribution is 2.21. The Morgan fingerprint density at radius 3 is 2.72 bits per heavy atom. The van der Waals surface area contributed by atoms with Gasteiger partial charge in [0.05, 0.1) is 19.8 Å². The molecule has 2 saturated heterocycles. The molecule has 2 atom stereocenters. The summed E-state index contributed by atoms with van der Waals surface area (Å²) < 4.78 is 16.9. The van der Waals surface area contributed by atoms with Crippen LogP contribution in [-0.4, -0.2) is 70.1 Å². The maximum atomic E-state index is 5.92. The number of rotatable bonds is 5. The van der Waals surface area contributed by atoms with Crippen LogP contribution in [0.25, 0.3) is 0 Å². The summed E-state index contributed by atoms with van der Waals surface area (Å²) in [5.41, 5.74) is 1.28. The van der Waals surface area contributed by atoms with E-state index in [4.69, 9.17) is 14.2 Å². The molecule has 6 nitrogen and oxygen atoms in total. The van der Waals surface area contributed by atoms with E-state index in [9.17, 15) is 0 Å². The molecule has 1 aromatic rings. The van der Waals surface area contributed by atoms with Gasteiger partial charge in [-0.05, 0) is 37.0 Å². The molecule has 6 heteroatoms. The van der Waals surface area contributed by atoms with Gasteiger partial charge in [0.1, 0.15) is 11.9 Å². The highest BCUT2D eigenvalue weighted by Gasteiger charge is 2.32. The third-order valence-corrected chi connectivity index (χ3v) is 4.84. The Hall–Kier alpha value is -1.79. The largest absolute Gasteiger partial charge is 0.497 e. The van der Waals surface area contributed by atoms with Crippen LogP contribution in [0.1, 0.15) is 18.4 Å². The third-order valence-electron chi connectivity index (χ3n) is 4.84. The molecular formula is C19H29N3O3. The fourth-order valence-electron chi connectivity index (χ4n) is 3.43. The molecule has 0 amide bonds. The van der Waals surface area contributed by atoms with Crippen LogP contribution in [0, 0.1) is 0 Å². The minimum Gasteiger partial charge on any atom is -0.497 e. The van der Waals surface area contributed by atoms with Crippen molar-refractivity contribution in [1.29, 1.82) is 0 Å². The average molecular weight is 347 g/mol. The van der Waals surface area contributed by atoms with Crippen LogP contribution in [0.4, 0.5) is 0 Å². The minimum absolute atomic E-state index is 0.149. The normalized spacial score (nSPS) is 24.4. The van der Waals surface area contributed by atoms with E-state index in [-0.39, 0.29) is 12.2 Å². The maximum Gasteiger partial charge on any atom is 0.193 e. The zero-order chi connectivity index (χ0) is 17.5. The van der Waals surface area contributed by atoms with Crippen molar-refractivity contribution in [2.24, 2.45) is 4.99 Å². The standard InChI is InChI=1S/C19H29N3O3/c1-20-19(21-10-9-15-5-7-16(23-2)8-6-15)22-11-13-25-18(14-22)17-4-3-12-24-17/h5-8,17-18H,3-4,9-14H2,1-2H3,(H,20,21). The van der Waals surface area contributed by atoms with Gasteiger partial charge in [0, 0.05) is 33.3 Å². The number of ether oxygens (including phenoxy) is 3. The molecule has 138 valence electrons. The molecule has 0 bridgehead atoms. The summed E-state index contributed by atoms with van der Waals surface area (Å²) in [6.45, 7) is 4.14. The summed E-state index contributed by atoms with van der Waals surface area (Å²) in [4.78, 5) is 6.73. The van der Waals surface area contributed by atoms with Gasteiger partial charge < -0.3 is 24.4 Å². The van der Waals surface area contributed by atoms with Crippen LogP contribution in [0.3, 0.4) is 0 Å². The van der Waals surface area contributed by atoms with Gasteiger partial charge in [0.2, 0.25) is 0 Å². The lowest BCUT2D eigenvalue weighted by molar-refractivity contribution is -0.0816. The first-order chi connectivity index (χ1) is 12.3. The molecule has 2 fully saturated rings. The van der Waals surface area contributed by atoms with E-state index in [2.05, 4.69) is 27.3 Å². The van der Waals surface area contributed by atoms with Gasteiger partial charge in [-0.15, -0.1) is 0 Å². The van der Waals surface area contributed by atoms with Crippen molar-refractivity contribution >= 4 is 5.96 Å². The predicted octanol–water partition coefficient (Wildman–Crippen LogP) is 1.69. The lowest BCUT2D eigenvalue weighted by atomic mass is 10.1. The van der Waals surface area contributed by atoms with Crippen LogP contribution in [0.15, 0.2) is 29.3 Å². The fourth-order valence-corrected chi connectivity index (χ4v) is 3.43. The molecule has 2 unspecified atom stereocenters. The van der Waals surface area contributed by atoms with Crippen LogP contribution >= 0.6 is 0 Å². The van der Waals surface area contributed by atoms with Gasteiger partial charge in [0.15, 0.2) is 5.96 Å². The number of guanidine groups is 1. The van der Waals surface area contributed by atoms with Gasteiger partial charge >= 0.3 is 0 Å². The maximum absolute atomic E-state index is 5.92. The van der Waals surface area contributed by atoms with E-state index in [1.54, 1.807) is 7.11 Å². The molecule has 25 heavy (non-hydrogen) atoms. The Labute approximate surface area is 150 Å². The van der Waals surface area contributed by atoms with Crippen molar-refractivity contribution in [2.75, 3.05) is 47.0 Å². The lowest BCUT2D eigenvalue weighted by Gasteiger charge is -2.37. The molecular weight excluding hydrogens is 318 g/mol. The van der Waals surface area contributed by atoms with Crippen molar-refractivity contribution < 1.29 is 14.2 Å². The molecule has 0 aliphatic carbocycles. The Morgan fingerprint density at radius 2 is 2.04 bits per heavy atom. The molecule has 0 spiro atoms. The number of nitrogens with one attached hydrogen (secondary N) is 1. The Morgan fingerprint density at radius 1 is 1.24 bits per heavy atom. The SMILES string of the molecule is CN=C(NCCc1ccc(OC)cc1)N1CCOC(C2CCCO2)C1. The highest BCUT2D eigenvalue weighted by molar-refractivity contribution is 5.80. The van der Waals surface area contributed by atoms with E-state index in [1.807, 2.05) is 19.2 Å². The topological polar surface area (TPSA) is 55.3 Å². The molecule has 2 heterocycles. The van der Waals surface area contributed by atoms with E-state index in [0.717, 1.165) is 63.8 Å². The highest BCUT2D eigenvalue weighted by atomic mass is 16.5. The quantitative estimate of drug-likeness (QED) is 0.649.